The standard InChI is InChI=1S/C56H41N9/c1-3-16-42(60-33-57-2)51-52(43-29-31-58-34-61-43)54(63-45-23-10-4-17-36(45)37-18-5-11-24-46(37)63)56(65-49-27-14-8-21-40(49)41-22-9-15-28-50(41)65)55(53(51)44-30-32-59-35-62-44)64-47-25-12-6-19-38(47)39-20-7-13-26-48(39)64/h4-35H,3H2,1-2H3,(H,57,60)/b42-16-. The Kier molecular flexibility index (Phi) is 9.12. The summed E-state index contributed by atoms with van der Waals surface area (Å²) in [7, 11) is 1.88. The first-order valence-electron chi connectivity index (χ1n) is 21.9. The Morgan fingerprint density at radius 2 is 0.815 bits per heavy atom. The lowest BCUT2D eigenvalue weighted by Gasteiger charge is -2.30. The van der Waals surface area contributed by atoms with Crippen molar-refractivity contribution in [2.24, 2.45) is 4.99 Å². The molecule has 0 atom stereocenters. The molecule has 0 unspecified atom stereocenters. The monoisotopic (exact) mass is 839 g/mol. The van der Waals surface area contributed by atoms with Crippen molar-refractivity contribution in [1.29, 1.82) is 0 Å². The van der Waals surface area contributed by atoms with E-state index in [1.165, 1.54) is 0 Å². The van der Waals surface area contributed by atoms with Gasteiger partial charge in [-0.3, -0.25) is 0 Å². The summed E-state index contributed by atoms with van der Waals surface area (Å²) in [5, 5.41) is 10.1. The zero-order chi connectivity index (χ0) is 43.4. The number of hydrogen-bond acceptors (Lipinski definition) is 5. The van der Waals surface area contributed by atoms with Gasteiger partial charge >= 0.3 is 0 Å². The van der Waals surface area contributed by atoms with E-state index in [9.17, 15) is 0 Å². The van der Waals surface area contributed by atoms with Gasteiger partial charge in [-0.05, 0) is 55.0 Å². The fourth-order valence-corrected chi connectivity index (χ4v) is 10.0. The van der Waals surface area contributed by atoms with Gasteiger partial charge in [0.1, 0.15) is 12.7 Å². The van der Waals surface area contributed by atoms with Crippen LogP contribution in [0.25, 0.3) is 111 Å². The van der Waals surface area contributed by atoms with Gasteiger partial charge in [0, 0.05) is 68.4 Å². The van der Waals surface area contributed by atoms with Crippen LogP contribution in [0.5, 0.6) is 0 Å². The van der Waals surface area contributed by atoms with Gasteiger partial charge in [0.05, 0.1) is 73.6 Å². The van der Waals surface area contributed by atoms with E-state index in [4.69, 9.17) is 15.0 Å². The Bertz CT molecular complexity index is 3520. The topological polar surface area (TPSA) is 90.7 Å². The number of benzene rings is 7. The molecule has 1 N–H and O–H groups in total. The van der Waals surface area contributed by atoms with E-state index in [2.05, 4.69) is 188 Å². The number of rotatable bonds is 9. The van der Waals surface area contributed by atoms with Crippen molar-refractivity contribution >= 4 is 77.5 Å². The maximum atomic E-state index is 5.27. The van der Waals surface area contributed by atoms with Crippen LogP contribution in [-0.4, -0.2) is 47.0 Å². The average Bonchev–Trinajstić information content (AvgIpc) is 4.01. The van der Waals surface area contributed by atoms with E-state index in [-0.39, 0.29) is 0 Å². The third kappa shape index (κ3) is 5.82. The highest BCUT2D eigenvalue weighted by Crippen LogP contribution is 2.53. The maximum Gasteiger partial charge on any atom is 0.116 e. The average molecular weight is 840 g/mol. The van der Waals surface area contributed by atoms with Crippen LogP contribution in [0.3, 0.4) is 0 Å². The number of para-hydroxylation sites is 6. The molecule has 65 heavy (non-hydrogen) atoms. The van der Waals surface area contributed by atoms with E-state index in [0.717, 1.165) is 116 Å². The Morgan fingerprint density at radius 1 is 0.477 bits per heavy atom. The van der Waals surface area contributed by atoms with E-state index >= 15 is 0 Å². The van der Waals surface area contributed by atoms with Gasteiger partial charge in [0.2, 0.25) is 0 Å². The molecule has 0 aliphatic carbocycles. The second kappa shape index (κ2) is 15.6. The molecule has 9 nitrogen and oxygen atoms in total. The normalized spacial score (nSPS) is 12.2. The molecule has 0 bridgehead atoms. The van der Waals surface area contributed by atoms with Crippen LogP contribution in [0, 0.1) is 0 Å². The number of allylic oxidation sites excluding steroid dienone is 1. The Balaban J connectivity index is 1.49. The molecule has 0 saturated heterocycles. The maximum absolute atomic E-state index is 5.27. The lowest BCUT2D eigenvalue weighted by molar-refractivity contribution is 1.04. The van der Waals surface area contributed by atoms with Crippen LogP contribution >= 0.6 is 0 Å². The molecule has 0 radical (unpaired) electrons. The summed E-state index contributed by atoms with van der Waals surface area (Å²) in [6.07, 6.45) is 11.6. The molecule has 0 aliphatic rings. The molecule has 12 rings (SSSR count). The summed E-state index contributed by atoms with van der Waals surface area (Å²) in [5.74, 6) is 0. The zero-order valence-electron chi connectivity index (χ0n) is 35.8. The van der Waals surface area contributed by atoms with Gasteiger partial charge in [0.15, 0.2) is 0 Å². The number of nitrogens with zero attached hydrogens (tertiary/aromatic N) is 8. The molecule has 5 heterocycles. The zero-order valence-corrected chi connectivity index (χ0v) is 35.8. The molecule has 5 aromatic heterocycles. The number of fused-ring (bicyclic) bond motifs is 9. The van der Waals surface area contributed by atoms with Gasteiger partial charge in [-0.1, -0.05) is 122 Å². The SMILES string of the molecule is CC/C=C(\N=CNC)c1c(-c2ccncn2)c(-n2c3ccccc3c3ccccc32)c(-n2c3ccccc3c3ccccc32)c(-n2c3ccccc3c3ccccc32)c1-c1ccncn1. The number of hydrogen-bond donors (Lipinski definition) is 1. The van der Waals surface area contributed by atoms with E-state index < -0.39 is 0 Å². The Morgan fingerprint density at radius 3 is 1.12 bits per heavy atom. The minimum absolute atomic E-state index is 0.715. The van der Waals surface area contributed by atoms with Crippen molar-refractivity contribution < 1.29 is 0 Å². The van der Waals surface area contributed by atoms with Crippen LogP contribution in [0.1, 0.15) is 18.9 Å². The number of aromatic nitrogens is 7. The molecule has 310 valence electrons. The first-order chi connectivity index (χ1) is 32.3. The van der Waals surface area contributed by atoms with Gasteiger partial charge in [-0.2, -0.15) is 0 Å². The molecule has 9 heteroatoms. The quantitative estimate of drug-likeness (QED) is 0.115. The van der Waals surface area contributed by atoms with Crippen molar-refractivity contribution in [3.05, 3.63) is 194 Å². The highest BCUT2D eigenvalue weighted by atomic mass is 15.1. The van der Waals surface area contributed by atoms with Gasteiger partial charge in [-0.15, -0.1) is 0 Å². The number of nitrogens with one attached hydrogen (secondary N) is 1. The Hall–Kier alpha value is -8.69. The van der Waals surface area contributed by atoms with Gasteiger partial charge in [0.25, 0.3) is 0 Å². The molecule has 0 fully saturated rings. The van der Waals surface area contributed by atoms with E-state index in [1.54, 1.807) is 19.0 Å². The van der Waals surface area contributed by atoms with E-state index in [1.807, 2.05) is 31.6 Å². The Labute approximate surface area is 374 Å². The summed E-state index contributed by atoms with van der Waals surface area (Å²) in [4.78, 5) is 24.6. The highest BCUT2D eigenvalue weighted by Gasteiger charge is 2.35. The third-order valence-corrected chi connectivity index (χ3v) is 12.5. The minimum Gasteiger partial charge on any atom is -0.379 e. The second-order valence-corrected chi connectivity index (χ2v) is 16.0. The molecule has 0 saturated carbocycles. The van der Waals surface area contributed by atoms with Crippen LogP contribution in [0.4, 0.5) is 0 Å². The molecular weight excluding hydrogens is 799 g/mol. The largest absolute Gasteiger partial charge is 0.379 e. The summed E-state index contributed by atoms with van der Waals surface area (Å²) < 4.78 is 7.38. The van der Waals surface area contributed by atoms with Crippen molar-refractivity contribution in [2.45, 2.75) is 13.3 Å². The summed E-state index contributed by atoms with van der Waals surface area (Å²) in [6.45, 7) is 2.15. The predicted molar refractivity (Wildman–Crippen MR) is 267 cm³/mol. The van der Waals surface area contributed by atoms with Crippen molar-refractivity contribution in [2.75, 3.05) is 7.05 Å². The first-order valence-corrected chi connectivity index (χ1v) is 21.9. The van der Waals surface area contributed by atoms with Crippen molar-refractivity contribution in [3.63, 3.8) is 0 Å². The fourth-order valence-electron chi connectivity index (χ4n) is 10.0. The first kappa shape index (κ1) is 38.0. The minimum atomic E-state index is 0.715. The van der Waals surface area contributed by atoms with Crippen LogP contribution < -0.4 is 5.32 Å². The second-order valence-electron chi connectivity index (χ2n) is 16.0. The van der Waals surface area contributed by atoms with Crippen LogP contribution in [0.2, 0.25) is 0 Å². The summed E-state index contributed by atoms with van der Waals surface area (Å²) in [5.41, 5.74) is 14.0. The lowest BCUT2D eigenvalue weighted by atomic mass is 9.88. The van der Waals surface area contributed by atoms with Crippen molar-refractivity contribution in [3.8, 4) is 39.6 Å². The molecule has 7 aromatic carbocycles. The van der Waals surface area contributed by atoms with Crippen molar-refractivity contribution in [1.82, 2.24) is 39.0 Å². The predicted octanol–water partition coefficient (Wildman–Crippen LogP) is 12.9. The molecule has 0 spiro atoms. The smallest absolute Gasteiger partial charge is 0.116 e. The lowest BCUT2D eigenvalue weighted by Crippen LogP contribution is -2.15. The molecule has 0 aliphatic heterocycles. The fraction of sp³-hybridized carbons (Fsp3) is 0.0536. The summed E-state index contributed by atoms with van der Waals surface area (Å²) in [6, 6.07) is 56.3. The van der Waals surface area contributed by atoms with Gasteiger partial charge < -0.3 is 19.0 Å². The molecule has 0 amide bonds. The third-order valence-electron chi connectivity index (χ3n) is 12.5. The molecular formula is C56H41N9. The number of aliphatic imine (C=N–C) groups is 1. The summed E-state index contributed by atoms with van der Waals surface area (Å²) >= 11 is 0. The van der Waals surface area contributed by atoms with Crippen LogP contribution in [0.15, 0.2) is 194 Å². The van der Waals surface area contributed by atoms with E-state index in [0.29, 0.717) is 6.42 Å². The highest BCUT2D eigenvalue weighted by molar-refractivity contribution is 6.16. The molecule has 12 aromatic rings. The van der Waals surface area contributed by atoms with Crippen LogP contribution in [-0.2, 0) is 0 Å². The van der Waals surface area contributed by atoms with Gasteiger partial charge in [-0.25, -0.2) is 24.9 Å².